The van der Waals surface area contributed by atoms with Gasteiger partial charge in [-0.2, -0.15) is 0 Å². The molecule has 1 aliphatic heterocycles. The lowest BCUT2D eigenvalue weighted by Gasteiger charge is -2.31. The van der Waals surface area contributed by atoms with Crippen LogP contribution in [0.3, 0.4) is 0 Å². The van der Waals surface area contributed by atoms with Gasteiger partial charge in [-0.05, 0) is 60.5 Å². The molecule has 4 nitrogen and oxygen atoms in total. The number of nitrogens with one attached hydrogen (secondary N) is 1. The highest BCUT2D eigenvalue weighted by atomic mass is 35.5. The fourth-order valence-electron chi connectivity index (χ4n) is 3.59. The molecule has 0 spiro atoms. The van der Waals surface area contributed by atoms with Gasteiger partial charge in [-0.3, -0.25) is 10.3 Å². The number of rotatable bonds is 5. The Morgan fingerprint density at radius 3 is 2.45 bits per heavy atom. The summed E-state index contributed by atoms with van der Waals surface area (Å²) in [5, 5.41) is 14.6. The molecule has 0 bridgehead atoms. The van der Waals surface area contributed by atoms with Crippen LogP contribution in [0.25, 0.3) is 0 Å². The van der Waals surface area contributed by atoms with Crippen molar-refractivity contribution in [2.75, 3.05) is 6.61 Å². The average Bonchev–Trinajstić information content (AvgIpc) is 2.75. The largest absolute Gasteiger partial charge is 0.508 e. The standard InChI is InChI=1S/C24H23ClN2O2/c1-2-29-19-13-9-16(10-14-19)21-15-22(20-5-3-4-6-23(20)28)27-24(26-21)17-7-11-18(25)12-8-17/h3-14,22,24,27-28H,2,15H2,1H3. The quantitative estimate of drug-likeness (QED) is 0.574. The molecule has 2 atom stereocenters. The zero-order valence-corrected chi connectivity index (χ0v) is 16.9. The van der Waals surface area contributed by atoms with E-state index >= 15 is 0 Å². The van der Waals surface area contributed by atoms with Crippen molar-refractivity contribution in [3.05, 3.63) is 94.5 Å². The summed E-state index contributed by atoms with van der Waals surface area (Å²) in [6.07, 6.45) is 0.447. The van der Waals surface area contributed by atoms with Crippen LogP contribution in [0.2, 0.25) is 5.02 Å². The molecule has 0 aromatic heterocycles. The topological polar surface area (TPSA) is 53.8 Å². The highest BCUT2D eigenvalue weighted by molar-refractivity contribution is 6.30. The van der Waals surface area contributed by atoms with Gasteiger partial charge < -0.3 is 9.84 Å². The Bertz CT molecular complexity index is 1000. The number of hydrogen-bond acceptors (Lipinski definition) is 4. The molecule has 0 amide bonds. The van der Waals surface area contributed by atoms with Crippen molar-refractivity contribution >= 4 is 17.3 Å². The minimum Gasteiger partial charge on any atom is -0.508 e. The summed E-state index contributed by atoms with van der Waals surface area (Å²) in [6, 6.07) is 23.1. The van der Waals surface area contributed by atoms with Gasteiger partial charge in [-0.25, -0.2) is 0 Å². The summed E-state index contributed by atoms with van der Waals surface area (Å²) in [4.78, 5) is 4.97. The van der Waals surface area contributed by atoms with Crippen LogP contribution in [0.4, 0.5) is 0 Å². The van der Waals surface area contributed by atoms with Gasteiger partial charge in [0, 0.05) is 28.8 Å². The van der Waals surface area contributed by atoms with E-state index in [-0.39, 0.29) is 18.0 Å². The summed E-state index contributed by atoms with van der Waals surface area (Å²) < 4.78 is 5.56. The summed E-state index contributed by atoms with van der Waals surface area (Å²) in [7, 11) is 0. The number of halogens is 1. The SMILES string of the molecule is CCOc1ccc(C2=NC(c3ccc(Cl)cc3)NC(c3ccccc3O)C2)cc1. The molecule has 0 aliphatic carbocycles. The first-order valence-electron chi connectivity index (χ1n) is 9.73. The van der Waals surface area contributed by atoms with E-state index in [9.17, 15) is 5.11 Å². The first-order chi connectivity index (χ1) is 14.1. The molecule has 3 aromatic carbocycles. The van der Waals surface area contributed by atoms with E-state index in [0.29, 0.717) is 18.1 Å². The Balaban J connectivity index is 1.71. The minimum absolute atomic E-state index is 0.0593. The van der Waals surface area contributed by atoms with Crippen LogP contribution in [-0.2, 0) is 0 Å². The van der Waals surface area contributed by atoms with E-state index in [2.05, 4.69) is 5.32 Å². The number of aromatic hydroxyl groups is 1. The Hall–Kier alpha value is -2.82. The van der Waals surface area contributed by atoms with Gasteiger partial charge in [0.15, 0.2) is 0 Å². The monoisotopic (exact) mass is 406 g/mol. The molecule has 0 fully saturated rings. The van der Waals surface area contributed by atoms with Crippen LogP contribution in [-0.4, -0.2) is 17.4 Å². The van der Waals surface area contributed by atoms with Gasteiger partial charge in [0.1, 0.15) is 17.7 Å². The van der Waals surface area contributed by atoms with E-state index in [0.717, 1.165) is 28.2 Å². The first kappa shape index (κ1) is 19.5. The number of nitrogens with zero attached hydrogens (tertiary/aromatic N) is 1. The second-order valence-corrected chi connectivity index (χ2v) is 7.41. The Kier molecular flexibility index (Phi) is 5.84. The maximum absolute atomic E-state index is 10.4. The van der Waals surface area contributed by atoms with Crippen LogP contribution in [0.5, 0.6) is 11.5 Å². The van der Waals surface area contributed by atoms with Crippen molar-refractivity contribution in [2.45, 2.75) is 25.6 Å². The zero-order valence-electron chi connectivity index (χ0n) is 16.2. The maximum atomic E-state index is 10.4. The van der Waals surface area contributed by atoms with Crippen LogP contribution in [0, 0.1) is 0 Å². The minimum atomic E-state index is -0.229. The number of para-hydroxylation sites is 1. The highest BCUT2D eigenvalue weighted by Crippen LogP contribution is 2.34. The second-order valence-electron chi connectivity index (χ2n) is 6.97. The number of phenols is 1. The number of benzene rings is 3. The van der Waals surface area contributed by atoms with Crippen molar-refractivity contribution in [2.24, 2.45) is 4.99 Å². The van der Waals surface area contributed by atoms with Crippen LogP contribution < -0.4 is 10.1 Å². The van der Waals surface area contributed by atoms with Crippen molar-refractivity contribution in [3.8, 4) is 11.5 Å². The third-order valence-electron chi connectivity index (χ3n) is 5.04. The number of hydrogen-bond donors (Lipinski definition) is 2. The third kappa shape index (κ3) is 4.44. The predicted molar refractivity (Wildman–Crippen MR) is 117 cm³/mol. The molecule has 3 aromatic rings. The lowest BCUT2D eigenvalue weighted by atomic mass is 9.93. The summed E-state index contributed by atoms with van der Waals surface area (Å²) in [6.45, 7) is 2.61. The van der Waals surface area contributed by atoms with Crippen molar-refractivity contribution < 1.29 is 9.84 Å². The maximum Gasteiger partial charge on any atom is 0.126 e. The Labute approximate surface area is 175 Å². The average molecular weight is 407 g/mol. The Morgan fingerprint density at radius 1 is 1.03 bits per heavy atom. The van der Waals surface area contributed by atoms with Crippen LogP contribution in [0.15, 0.2) is 77.8 Å². The molecule has 0 saturated carbocycles. The molecule has 2 unspecified atom stereocenters. The van der Waals surface area contributed by atoms with Gasteiger partial charge in [0.25, 0.3) is 0 Å². The van der Waals surface area contributed by atoms with Gasteiger partial charge in [-0.1, -0.05) is 41.9 Å². The van der Waals surface area contributed by atoms with Crippen LogP contribution >= 0.6 is 11.6 Å². The summed E-state index contributed by atoms with van der Waals surface area (Å²) in [5.74, 6) is 1.13. The molecule has 4 rings (SSSR count). The smallest absolute Gasteiger partial charge is 0.126 e. The number of aliphatic imine (C=N–C) groups is 1. The van der Waals surface area contributed by atoms with Crippen molar-refractivity contribution in [1.82, 2.24) is 5.32 Å². The molecule has 5 heteroatoms. The van der Waals surface area contributed by atoms with Gasteiger partial charge in [0.2, 0.25) is 0 Å². The summed E-state index contributed by atoms with van der Waals surface area (Å²) >= 11 is 6.06. The van der Waals surface area contributed by atoms with Gasteiger partial charge >= 0.3 is 0 Å². The number of phenolic OH excluding ortho intramolecular Hbond substituents is 1. The van der Waals surface area contributed by atoms with Gasteiger partial charge in [-0.15, -0.1) is 0 Å². The van der Waals surface area contributed by atoms with Gasteiger partial charge in [0.05, 0.1) is 6.61 Å². The molecular weight excluding hydrogens is 384 g/mol. The second kappa shape index (κ2) is 8.68. The lowest BCUT2D eigenvalue weighted by Crippen LogP contribution is -2.33. The fourth-order valence-corrected chi connectivity index (χ4v) is 3.72. The van der Waals surface area contributed by atoms with Crippen molar-refractivity contribution in [1.29, 1.82) is 0 Å². The van der Waals surface area contributed by atoms with Crippen molar-refractivity contribution in [3.63, 3.8) is 0 Å². The molecule has 1 heterocycles. The Morgan fingerprint density at radius 2 is 1.76 bits per heavy atom. The highest BCUT2D eigenvalue weighted by Gasteiger charge is 2.27. The summed E-state index contributed by atoms with van der Waals surface area (Å²) in [5.41, 5.74) is 3.93. The predicted octanol–water partition coefficient (Wildman–Crippen LogP) is 5.67. The third-order valence-corrected chi connectivity index (χ3v) is 5.29. The molecule has 2 N–H and O–H groups in total. The normalized spacial score (nSPS) is 18.9. The molecule has 0 radical (unpaired) electrons. The lowest BCUT2D eigenvalue weighted by molar-refractivity contribution is 0.340. The first-order valence-corrected chi connectivity index (χ1v) is 10.1. The fraction of sp³-hybridized carbons (Fsp3) is 0.208. The molecule has 1 aliphatic rings. The zero-order chi connectivity index (χ0) is 20.2. The molecule has 148 valence electrons. The molecule has 29 heavy (non-hydrogen) atoms. The van der Waals surface area contributed by atoms with E-state index in [1.54, 1.807) is 6.07 Å². The van der Waals surface area contributed by atoms with Crippen LogP contribution in [0.1, 0.15) is 42.2 Å². The van der Waals surface area contributed by atoms with E-state index in [1.165, 1.54) is 0 Å². The number of ether oxygens (including phenoxy) is 1. The van der Waals surface area contributed by atoms with E-state index < -0.39 is 0 Å². The molecular formula is C24H23ClN2O2. The molecule has 0 saturated heterocycles. The van der Waals surface area contributed by atoms with E-state index in [1.807, 2.05) is 73.7 Å². The van der Waals surface area contributed by atoms with E-state index in [4.69, 9.17) is 21.3 Å².